The van der Waals surface area contributed by atoms with E-state index in [0.29, 0.717) is 24.5 Å². The van der Waals surface area contributed by atoms with Gasteiger partial charge in [-0.15, -0.1) is 0 Å². The maximum Gasteiger partial charge on any atom is 0.269 e. The van der Waals surface area contributed by atoms with Crippen LogP contribution >= 0.6 is 0 Å². The summed E-state index contributed by atoms with van der Waals surface area (Å²) < 4.78 is 7.25. The smallest absolute Gasteiger partial charge is 0.269 e. The monoisotopic (exact) mass is 390 g/mol. The van der Waals surface area contributed by atoms with Crippen LogP contribution in [0.15, 0.2) is 53.3 Å². The molecule has 8 heteroatoms. The van der Waals surface area contributed by atoms with E-state index in [4.69, 9.17) is 4.42 Å². The van der Waals surface area contributed by atoms with Crippen molar-refractivity contribution in [1.82, 2.24) is 24.9 Å². The van der Waals surface area contributed by atoms with Gasteiger partial charge in [0.1, 0.15) is 17.2 Å². The normalized spacial score (nSPS) is 11.0. The fraction of sp³-hybridized carbons (Fsp3) is 0.238. The number of hydrogen-bond acceptors (Lipinski definition) is 6. The molecule has 4 rings (SSSR count). The van der Waals surface area contributed by atoms with Gasteiger partial charge < -0.3 is 15.1 Å². The number of nitrogens with one attached hydrogen (secondary N) is 2. The second-order valence-electron chi connectivity index (χ2n) is 6.70. The highest BCUT2D eigenvalue weighted by atomic mass is 16.3. The molecule has 0 saturated heterocycles. The van der Waals surface area contributed by atoms with Crippen molar-refractivity contribution in [2.75, 3.05) is 18.4 Å². The number of anilines is 1. The zero-order valence-electron chi connectivity index (χ0n) is 16.3. The third-order valence-electron chi connectivity index (χ3n) is 4.69. The highest BCUT2D eigenvalue weighted by molar-refractivity contribution is 5.92. The molecule has 0 aromatic carbocycles. The number of aromatic nitrogens is 4. The highest BCUT2D eigenvalue weighted by Crippen LogP contribution is 2.24. The average Bonchev–Trinajstić information content (AvgIpc) is 3.40. The Hall–Kier alpha value is -3.68. The van der Waals surface area contributed by atoms with Gasteiger partial charge in [-0.25, -0.2) is 4.98 Å². The number of furan rings is 1. The molecule has 1 amide bonds. The molecule has 0 saturated carbocycles. The Morgan fingerprint density at radius 1 is 1.17 bits per heavy atom. The lowest BCUT2D eigenvalue weighted by atomic mass is 10.2. The number of aryl methyl sites for hydroxylation is 1. The second kappa shape index (κ2) is 8.14. The number of nitrogens with zero attached hydrogens (tertiary/aromatic N) is 4. The van der Waals surface area contributed by atoms with Gasteiger partial charge in [0.2, 0.25) is 0 Å². The summed E-state index contributed by atoms with van der Waals surface area (Å²) in [4.78, 5) is 20.7. The van der Waals surface area contributed by atoms with Crippen molar-refractivity contribution in [3.05, 3.63) is 65.8 Å². The molecule has 0 aliphatic heterocycles. The van der Waals surface area contributed by atoms with Crippen molar-refractivity contribution < 1.29 is 9.21 Å². The summed E-state index contributed by atoms with van der Waals surface area (Å²) in [7, 11) is 0. The summed E-state index contributed by atoms with van der Waals surface area (Å²) in [6, 6.07) is 10.9. The molecule has 2 N–H and O–H groups in total. The van der Waals surface area contributed by atoms with Crippen molar-refractivity contribution >= 4 is 17.4 Å². The molecule has 29 heavy (non-hydrogen) atoms. The van der Waals surface area contributed by atoms with E-state index >= 15 is 0 Å². The molecule has 148 valence electrons. The van der Waals surface area contributed by atoms with Crippen molar-refractivity contribution in [1.29, 1.82) is 0 Å². The minimum absolute atomic E-state index is 0.168. The van der Waals surface area contributed by atoms with Crippen LogP contribution in [0.3, 0.4) is 0 Å². The van der Waals surface area contributed by atoms with Gasteiger partial charge in [-0.1, -0.05) is 6.07 Å². The van der Waals surface area contributed by atoms with Crippen LogP contribution in [0.4, 0.5) is 5.82 Å². The Kier molecular flexibility index (Phi) is 5.24. The number of rotatable bonds is 7. The third kappa shape index (κ3) is 3.96. The van der Waals surface area contributed by atoms with Gasteiger partial charge in [0.15, 0.2) is 11.4 Å². The van der Waals surface area contributed by atoms with E-state index in [1.165, 1.54) is 0 Å². The van der Waals surface area contributed by atoms with Gasteiger partial charge in [0.05, 0.1) is 6.26 Å². The molecule has 0 unspecified atom stereocenters. The van der Waals surface area contributed by atoms with Crippen LogP contribution in [0.2, 0.25) is 0 Å². The van der Waals surface area contributed by atoms with E-state index < -0.39 is 0 Å². The molecular formula is C21H22N6O2. The molecule has 4 heterocycles. The molecule has 0 atom stereocenters. The predicted molar refractivity (Wildman–Crippen MR) is 110 cm³/mol. The number of pyridine rings is 1. The molecule has 0 radical (unpaired) electrons. The number of fused-ring (bicyclic) bond motifs is 1. The molecule has 8 nitrogen and oxygen atoms in total. The first-order valence-electron chi connectivity index (χ1n) is 9.47. The summed E-state index contributed by atoms with van der Waals surface area (Å²) >= 11 is 0. The van der Waals surface area contributed by atoms with Crippen molar-refractivity contribution in [3.63, 3.8) is 0 Å². The lowest BCUT2D eigenvalue weighted by molar-refractivity contribution is 0.0948. The predicted octanol–water partition coefficient (Wildman–Crippen LogP) is 3.23. The quantitative estimate of drug-likeness (QED) is 0.470. The largest absolute Gasteiger partial charge is 0.463 e. The molecule has 0 aliphatic carbocycles. The fourth-order valence-electron chi connectivity index (χ4n) is 3.04. The van der Waals surface area contributed by atoms with E-state index in [0.717, 1.165) is 34.8 Å². The van der Waals surface area contributed by atoms with Gasteiger partial charge in [-0.2, -0.15) is 9.61 Å². The lowest BCUT2D eigenvalue weighted by Gasteiger charge is -2.13. The minimum atomic E-state index is -0.168. The van der Waals surface area contributed by atoms with E-state index in [-0.39, 0.29) is 5.91 Å². The zero-order valence-corrected chi connectivity index (χ0v) is 16.3. The minimum Gasteiger partial charge on any atom is -0.463 e. The summed E-state index contributed by atoms with van der Waals surface area (Å²) in [6.07, 6.45) is 3.99. The number of hydrogen-bond donors (Lipinski definition) is 2. The van der Waals surface area contributed by atoms with Gasteiger partial charge in [0, 0.05) is 36.6 Å². The van der Waals surface area contributed by atoms with Crippen LogP contribution in [0, 0.1) is 13.8 Å². The maximum absolute atomic E-state index is 12.0. The average molecular weight is 390 g/mol. The summed E-state index contributed by atoms with van der Waals surface area (Å²) in [5.74, 6) is 1.43. The molecule has 4 aromatic heterocycles. The van der Waals surface area contributed by atoms with E-state index in [9.17, 15) is 4.79 Å². The topological polar surface area (TPSA) is 97.4 Å². The highest BCUT2D eigenvalue weighted by Gasteiger charge is 2.14. The molecule has 0 bridgehead atoms. The first-order valence-corrected chi connectivity index (χ1v) is 9.47. The third-order valence-corrected chi connectivity index (χ3v) is 4.69. The van der Waals surface area contributed by atoms with Crippen LogP contribution in [0.25, 0.3) is 17.1 Å². The van der Waals surface area contributed by atoms with Gasteiger partial charge in [-0.05, 0) is 44.5 Å². The van der Waals surface area contributed by atoms with Gasteiger partial charge >= 0.3 is 0 Å². The van der Waals surface area contributed by atoms with Crippen LogP contribution in [-0.2, 0) is 0 Å². The van der Waals surface area contributed by atoms with Crippen LogP contribution < -0.4 is 10.6 Å². The summed E-state index contributed by atoms with van der Waals surface area (Å²) in [6.45, 7) is 5.22. The molecule has 0 spiro atoms. The van der Waals surface area contributed by atoms with Gasteiger partial charge in [-0.3, -0.25) is 9.78 Å². The second-order valence-corrected chi connectivity index (χ2v) is 6.70. The van der Waals surface area contributed by atoms with E-state index in [2.05, 4.69) is 25.7 Å². The number of carbonyl (C=O) groups is 1. The first kappa shape index (κ1) is 18.7. The maximum atomic E-state index is 12.0. The molecule has 0 aliphatic rings. The Balaban J connectivity index is 1.42. The number of carbonyl (C=O) groups excluding carboxylic acids is 1. The van der Waals surface area contributed by atoms with Crippen LogP contribution in [-0.4, -0.2) is 38.6 Å². The van der Waals surface area contributed by atoms with Crippen LogP contribution in [0.5, 0.6) is 0 Å². The molecular weight excluding hydrogens is 368 g/mol. The standard InChI is InChI=1S/C21H22N6O2/c1-14-15(2)25-19-13-17(18-8-5-12-29-18)26-27(19)20(14)23-10-6-11-24-21(28)16-7-3-4-9-22-16/h3-5,7-9,12-13,23H,6,10-11H2,1-2H3,(H,24,28). The fourth-order valence-corrected chi connectivity index (χ4v) is 3.04. The van der Waals surface area contributed by atoms with E-state index in [1.54, 1.807) is 35.2 Å². The summed E-state index contributed by atoms with van der Waals surface area (Å²) in [5, 5.41) is 11.0. The first-order chi connectivity index (χ1) is 14.1. The van der Waals surface area contributed by atoms with Crippen molar-refractivity contribution in [2.45, 2.75) is 20.3 Å². The Morgan fingerprint density at radius 3 is 2.83 bits per heavy atom. The summed E-state index contributed by atoms with van der Waals surface area (Å²) in [5.41, 5.74) is 3.88. The number of amides is 1. The Morgan fingerprint density at radius 2 is 2.07 bits per heavy atom. The van der Waals surface area contributed by atoms with Gasteiger partial charge in [0.25, 0.3) is 5.91 Å². The Labute approximate surface area is 168 Å². The van der Waals surface area contributed by atoms with Crippen molar-refractivity contribution in [2.24, 2.45) is 0 Å². The lowest BCUT2D eigenvalue weighted by Crippen LogP contribution is -2.26. The molecule has 4 aromatic rings. The van der Waals surface area contributed by atoms with E-state index in [1.807, 2.05) is 32.0 Å². The van der Waals surface area contributed by atoms with Crippen molar-refractivity contribution in [3.8, 4) is 11.5 Å². The zero-order chi connectivity index (χ0) is 20.2. The molecule has 0 fully saturated rings. The SMILES string of the molecule is Cc1nc2cc(-c3ccco3)nn2c(NCCCNC(=O)c2ccccn2)c1C. The van der Waals surface area contributed by atoms with Crippen LogP contribution in [0.1, 0.15) is 28.2 Å². The Bertz CT molecular complexity index is 1120.